The number of nitrogens with one attached hydrogen (secondary N) is 1. The van der Waals surface area contributed by atoms with Crippen molar-refractivity contribution in [3.8, 4) is 5.75 Å². The summed E-state index contributed by atoms with van der Waals surface area (Å²) in [7, 11) is 3.56. The zero-order chi connectivity index (χ0) is 21.5. The van der Waals surface area contributed by atoms with E-state index in [1.807, 2.05) is 11.9 Å². The molecule has 0 aliphatic carbocycles. The van der Waals surface area contributed by atoms with Gasteiger partial charge >= 0.3 is 0 Å². The molecule has 1 aliphatic rings. The van der Waals surface area contributed by atoms with Crippen LogP contribution in [0.15, 0.2) is 48.5 Å². The Morgan fingerprint density at radius 2 is 1.60 bits per heavy atom. The molecular weight excluding hydrogens is 382 g/mol. The maximum Gasteiger partial charge on any atom is 0.253 e. The van der Waals surface area contributed by atoms with Crippen LogP contribution in [-0.4, -0.2) is 67.7 Å². The number of anilines is 1. The Labute approximate surface area is 176 Å². The number of hydrogen-bond acceptors (Lipinski definition) is 5. The number of hydrogen-bond donors (Lipinski definition) is 1. The molecule has 2 amide bonds. The van der Waals surface area contributed by atoms with Crippen molar-refractivity contribution in [1.29, 1.82) is 0 Å². The van der Waals surface area contributed by atoms with Gasteiger partial charge in [0.25, 0.3) is 5.91 Å². The molecule has 7 heteroatoms. The molecule has 2 aromatic carbocycles. The fourth-order valence-corrected chi connectivity index (χ4v) is 3.35. The molecule has 1 heterocycles. The summed E-state index contributed by atoms with van der Waals surface area (Å²) in [6.07, 6.45) is 0.158. The molecule has 0 spiro atoms. The zero-order valence-corrected chi connectivity index (χ0v) is 17.4. The maximum absolute atomic E-state index is 12.6. The first kappa shape index (κ1) is 21.5. The van der Waals surface area contributed by atoms with Crippen molar-refractivity contribution in [1.82, 2.24) is 9.80 Å². The van der Waals surface area contributed by atoms with Gasteiger partial charge in [-0.15, -0.1) is 0 Å². The molecule has 0 unspecified atom stereocenters. The van der Waals surface area contributed by atoms with E-state index in [0.29, 0.717) is 35.7 Å². The largest absolute Gasteiger partial charge is 0.496 e. The highest BCUT2D eigenvalue weighted by molar-refractivity contribution is 6.02. The second kappa shape index (κ2) is 10.0. The molecule has 30 heavy (non-hydrogen) atoms. The van der Waals surface area contributed by atoms with Gasteiger partial charge in [0, 0.05) is 50.3 Å². The predicted molar refractivity (Wildman–Crippen MR) is 115 cm³/mol. The average Bonchev–Trinajstić information content (AvgIpc) is 2.78. The number of para-hydroxylation sites is 1. The number of likely N-dealkylation sites (N-methyl/N-ethyl adjacent to an activating group) is 1. The van der Waals surface area contributed by atoms with Crippen LogP contribution in [0, 0.1) is 0 Å². The molecular formula is C23H27N3O4. The summed E-state index contributed by atoms with van der Waals surface area (Å²) in [6.45, 7) is 3.17. The number of methoxy groups -OCH3 is 1. The molecule has 1 saturated heterocycles. The minimum absolute atomic E-state index is 0.00313. The standard InChI is InChI=1S/C23H27N3O4/c1-25-13-15-26(16-14-25)23(29)17-7-9-18(10-8-17)24-22(28)12-11-20(27)19-5-3-4-6-21(19)30-2/h3-10H,11-16H2,1-2H3,(H,24,28). The minimum Gasteiger partial charge on any atom is -0.496 e. The van der Waals surface area contributed by atoms with Crippen molar-refractivity contribution in [3.63, 3.8) is 0 Å². The van der Waals surface area contributed by atoms with Crippen LogP contribution in [0.5, 0.6) is 5.75 Å². The van der Waals surface area contributed by atoms with E-state index in [9.17, 15) is 14.4 Å². The third kappa shape index (κ3) is 5.45. The lowest BCUT2D eigenvalue weighted by atomic mass is 10.1. The molecule has 158 valence electrons. The van der Waals surface area contributed by atoms with Gasteiger partial charge in [0.2, 0.25) is 5.91 Å². The van der Waals surface area contributed by atoms with Gasteiger partial charge in [-0.05, 0) is 43.4 Å². The van der Waals surface area contributed by atoms with E-state index in [-0.39, 0.29) is 30.4 Å². The summed E-state index contributed by atoms with van der Waals surface area (Å²) in [5.41, 5.74) is 1.67. The lowest BCUT2D eigenvalue weighted by Gasteiger charge is -2.32. The molecule has 0 atom stereocenters. The minimum atomic E-state index is -0.253. The summed E-state index contributed by atoms with van der Waals surface area (Å²) in [6, 6.07) is 13.8. The zero-order valence-electron chi connectivity index (χ0n) is 17.4. The van der Waals surface area contributed by atoms with Crippen LogP contribution in [-0.2, 0) is 4.79 Å². The Kier molecular flexibility index (Phi) is 7.19. The Bertz CT molecular complexity index is 903. The number of nitrogens with zero attached hydrogens (tertiary/aromatic N) is 2. The highest BCUT2D eigenvalue weighted by Gasteiger charge is 2.20. The molecule has 2 aromatic rings. The van der Waals surface area contributed by atoms with Crippen molar-refractivity contribution in [2.75, 3.05) is 45.7 Å². The maximum atomic E-state index is 12.6. The molecule has 0 bridgehead atoms. The van der Waals surface area contributed by atoms with E-state index in [4.69, 9.17) is 4.74 Å². The highest BCUT2D eigenvalue weighted by Crippen LogP contribution is 2.20. The van der Waals surface area contributed by atoms with E-state index in [1.165, 1.54) is 7.11 Å². The lowest BCUT2D eigenvalue weighted by molar-refractivity contribution is -0.116. The predicted octanol–water partition coefficient (Wildman–Crippen LogP) is 2.68. The van der Waals surface area contributed by atoms with Crippen LogP contribution in [0.2, 0.25) is 0 Å². The van der Waals surface area contributed by atoms with Gasteiger partial charge in [-0.25, -0.2) is 0 Å². The van der Waals surface area contributed by atoms with Crippen LogP contribution in [0.3, 0.4) is 0 Å². The summed E-state index contributed by atoms with van der Waals surface area (Å²) in [5, 5.41) is 2.77. The quantitative estimate of drug-likeness (QED) is 0.712. The van der Waals surface area contributed by atoms with Crippen LogP contribution >= 0.6 is 0 Å². The monoisotopic (exact) mass is 409 g/mol. The Morgan fingerprint density at radius 3 is 2.27 bits per heavy atom. The normalized spacial score (nSPS) is 14.3. The third-order valence-corrected chi connectivity index (χ3v) is 5.19. The summed E-state index contributed by atoms with van der Waals surface area (Å²) >= 11 is 0. The van der Waals surface area contributed by atoms with Gasteiger partial charge in [-0.3, -0.25) is 14.4 Å². The van der Waals surface area contributed by atoms with Gasteiger partial charge < -0.3 is 19.9 Å². The van der Waals surface area contributed by atoms with E-state index in [0.717, 1.165) is 13.1 Å². The van der Waals surface area contributed by atoms with Crippen LogP contribution < -0.4 is 10.1 Å². The number of carbonyl (C=O) groups is 3. The van der Waals surface area contributed by atoms with Gasteiger partial charge in [0.1, 0.15) is 5.75 Å². The van der Waals surface area contributed by atoms with Crippen molar-refractivity contribution < 1.29 is 19.1 Å². The van der Waals surface area contributed by atoms with E-state index in [1.54, 1.807) is 48.5 Å². The molecule has 1 N–H and O–H groups in total. The lowest BCUT2D eigenvalue weighted by Crippen LogP contribution is -2.47. The molecule has 1 fully saturated rings. The number of rotatable bonds is 7. The average molecular weight is 409 g/mol. The van der Waals surface area contributed by atoms with Gasteiger partial charge in [0.15, 0.2) is 5.78 Å². The second-order valence-electron chi connectivity index (χ2n) is 7.34. The van der Waals surface area contributed by atoms with E-state index >= 15 is 0 Å². The molecule has 1 aliphatic heterocycles. The van der Waals surface area contributed by atoms with Crippen molar-refractivity contribution >= 4 is 23.3 Å². The Balaban J connectivity index is 1.51. The number of amides is 2. The fraction of sp³-hybridized carbons (Fsp3) is 0.348. The van der Waals surface area contributed by atoms with Crippen LogP contribution in [0.25, 0.3) is 0 Å². The van der Waals surface area contributed by atoms with Crippen LogP contribution in [0.1, 0.15) is 33.6 Å². The van der Waals surface area contributed by atoms with Gasteiger partial charge in [-0.2, -0.15) is 0 Å². The fourth-order valence-electron chi connectivity index (χ4n) is 3.35. The number of ether oxygens (including phenoxy) is 1. The Hall–Kier alpha value is -3.19. The first-order chi connectivity index (χ1) is 14.5. The third-order valence-electron chi connectivity index (χ3n) is 5.19. The smallest absolute Gasteiger partial charge is 0.253 e. The van der Waals surface area contributed by atoms with Crippen LogP contribution in [0.4, 0.5) is 5.69 Å². The molecule has 0 radical (unpaired) electrons. The molecule has 0 aromatic heterocycles. The Morgan fingerprint density at radius 1 is 0.933 bits per heavy atom. The van der Waals surface area contributed by atoms with E-state index < -0.39 is 0 Å². The summed E-state index contributed by atoms with van der Waals surface area (Å²) in [5.74, 6) is 0.110. The summed E-state index contributed by atoms with van der Waals surface area (Å²) in [4.78, 5) is 41.2. The SMILES string of the molecule is COc1ccccc1C(=O)CCC(=O)Nc1ccc(C(=O)N2CCN(C)CC2)cc1. The van der Waals surface area contributed by atoms with Crippen molar-refractivity contribution in [3.05, 3.63) is 59.7 Å². The number of Topliss-reactive ketones (excluding diaryl/α,β-unsaturated/α-hetero) is 1. The van der Waals surface area contributed by atoms with Gasteiger partial charge in [-0.1, -0.05) is 12.1 Å². The van der Waals surface area contributed by atoms with Gasteiger partial charge in [0.05, 0.1) is 12.7 Å². The first-order valence-electron chi connectivity index (χ1n) is 10.0. The topological polar surface area (TPSA) is 78.9 Å². The van der Waals surface area contributed by atoms with Crippen molar-refractivity contribution in [2.24, 2.45) is 0 Å². The second-order valence-corrected chi connectivity index (χ2v) is 7.34. The molecule has 3 rings (SSSR count). The number of ketones is 1. The van der Waals surface area contributed by atoms with E-state index in [2.05, 4.69) is 10.2 Å². The number of benzene rings is 2. The molecule has 0 saturated carbocycles. The first-order valence-corrected chi connectivity index (χ1v) is 10.0. The number of piperazine rings is 1. The highest BCUT2D eigenvalue weighted by atomic mass is 16.5. The molecule has 7 nitrogen and oxygen atoms in total. The summed E-state index contributed by atoms with van der Waals surface area (Å²) < 4.78 is 5.19. The van der Waals surface area contributed by atoms with Crippen molar-refractivity contribution in [2.45, 2.75) is 12.8 Å². The number of carbonyl (C=O) groups excluding carboxylic acids is 3.